The summed E-state index contributed by atoms with van der Waals surface area (Å²) in [5, 5.41) is 1.20. The number of aromatic nitrogens is 1. The van der Waals surface area contributed by atoms with Gasteiger partial charge in [-0.2, -0.15) is 0 Å². The Balaban J connectivity index is 1.26. The molecule has 0 saturated carbocycles. The molecule has 1 aliphatic rings. The molecule has 0 aliphatic carbocycles. The highest BCUT2D eigenvalue weighted by Crippen LogP contribution is 2.30. The maximum atomic E-state index is 12.6. The van der Waals surface area contributed by atoms with Gasteiger partial charge in [-0.25, -0.2) is 13.1 Å². The van der Waals surface area contributed by atoms with Crippen LogP contribution in [0.25, 0.3) is 10.9 Å². The van der Waals surface area contributed by atoms with E-state index in [0.717, 1.165) is 18.4 Å². The van der Waals surface area contributed by atoms with Gasteiger partial charge in [0, 0.05) is 48.7 Å². The van der Waals surface area contributed by atoms with E-state index in [4.69, 9.17) is 0 Å². The molecule has 2 aromatic carbocycles. The number of sulfonamides is 1. The summed E-state index contributed by atoms with van der Waals surface area (Å²) >= 11 is 0. The summed E-state index contributed by atoms with van der Waals surface area (Å²) in [6, 6.07) is 16.2. The number of benzene rings is 2. The maximum Gasteiger partial charge on any atom is 0.240 e. The molecular weight excluding hydrogens is 426 g/mol. The van der Waals surface area contributed by atoms with Crippen molar-refractivity contribution in [3.8, 4) is 0 Å². The molecule has 0 radical (unpaired) electrons. The van der Waals surface area contributed by atoms with Crippen LogP contribution >= 0.6 is 0 Å². The SMILES string of the molecule is CC(=O)c1ccc(S(=O)(=O)NCCC(=O)N2CCC(c3cc4ccccc4[nH]3)CC2)cc1. The Morgan fingerprint density at radius 2 is 1.75 bits per heavy atom. The summed E-state index contributed by atoms with van der Waals surface area (Å²) in [5.74, 6) is 0.221. The van der Waals surface area contributed by atoms with Crippen molar-refractivity contribution in [1.29, 1.82) is 0 Å². The predicted molar refractivity (Wildman–Crippen MR) is 123 cm³/mol. The lowest BCUT2D eigenvalue weighted by molar-refractivity contribution is -0.132. The average Bonchev–Trinajstić information content (AvgIpc) is 3.23. The molecule has 1 aliphatic heterocycles. The van der Waals surface area contributed by atoms with Crippen LogP contribution in [0.5, 0.6) is 0 Å². The summed E-state index contributed by atoms with van der Waals surface area (Å²) in [5.41, 5.74) is 2.79. The Morgan fingerprint density at radius 1 is 1.06 bits per heavy atom. The molecule has 3 aromatic rings. The number of nitrogens with one attached hydrogen (secondary N) is 2. The fourth-order valence-electron chi connectivity index (χ4n) is 4.16. The van der Waals surface area contributed by atoms with Crippen molar-refractivity contribution in [2.75, 3.05) is 19.6 Å². The Hall–Kier alpha value is -2.97. The van der Waals surface area contributed by atoms with Gasteiger partial charge in [0.25, 0.3) is 0 Å². The van der Waals surface area contributed by atoms with Gasteiger partial charge < -0.3 is 9.88 Å². The third-order valence-electron chi connectivity index (χ3n) is 6.04. The number of ketones is 1. The monoisotopic (exact) mass is 453 g/mol. The van der Waals surface area contributed by atoms with Crippen molar-refractivity contribution in [1.82, 2.24) is 14.6 Å². The quantitative estimate of drug-likeness (QED) is 0.535. The normalized spacial score (nSPS) is 15.2. The fourth-order valence-corrected chi connectivity index (χ4v) is 5.19. The van der Waals surface area contributed by atoms with Gasteiger partial charge in [-0.1, -0.05) is 30.3 Å². The molecule has 2 N–H and O–H groups in total. The van der Waals surface area contributed by atoms with E-state index in [2.05, 4.69) is 27.9 Å². The first kappa shape index (κ1) is 22.2. The number of nitrogens with zero attached hydrogens (tertiary/aromatic N) is 1. The highest BCUT2D eigenvalue weighted by molar-refractivity contribution is 7.89. The van der Waals surface area contributed by atoms with Crippen molar-refractivity contribution >= 4 is 32.6 Å². The van der Waals surface area contributed by atoms with E-state index in [1.54, 1.807) is 0 Å². The van der Waals surface area contributed by atoms with Crippen LogP contribution in [0.2, 0.25) is 0 Å². The molecule has 1 aromatic heterocycles. The number of carbonyl (C=O) groups excluding carboxylic acids is 2. The van der Waals surface area contributed by atoms with Crippen LogP contribution in [0.15, 0.2) is 59.5 Å². The van der Waals surface area contributed by atoms with Crippen LogP contribution < -0.4 is 4.72 Å². The number of para-hydroxylation sites is 1. The van der Waals surface area contributed by atoms with Crippen molar-refractivity contribution in [3.05, 3.63) is 65.9 Å². The summed E-state index contributed by atoms with van der Waals surface area (Å²) in [6.45, 7) is 2.80. The second-order valence-electron chi connectivity index (χ2n) is 8.20. The van der Waals surface area contributed by atoms with Crippen molar-refractivity contribution in [3.63, 3.8) is 0 Å². The number of amides is 1. The summed E-state index contributed by atoms with van der Waals surface area (Å²) < 4.78 is 27.3. The summed E-state index contributed by atoms with van der Waals surface area (Å²) in [6.07, 6.45) is 1.88. The van der Waals surface area contributed by atoms with Crippen molar-refractivity contribution < 1.29 is 18.0 Å². The predicted octanol–water partition coefficient (Wildman–Crippen LogP) is 3.45. The van der Waals surface area contributed by atoms with Crippen LogP contribution in [0.3, 0.4) is 0 Å². The molecule has 1 amide bonds. The first-order valence-corrected chi connectivity index (χ1v) is 12.3. The van der Waals surface area contributed by atoms with Crippen LogP contribution in [0, 0.1) is 0 Å². The van der Waals surface area contributed by atoms with E-state index in [-0.39, 0.29) is 29.6 Å². The standard InChI is InChI=1S/C24H27N3O4S/c1-17(28)18-6-8-21(9-7-18)32(30,31)25-13-10-24(29)27-14-11-19(12-15-27)23-16-20-4-2-3-5-22(20)26-23/h2-9,16,19,25-26H,10-15H2,1H3. The molecule has 168 valence electrons. The van der Waals surface area contributed by atoms with E-state index >= 15 is 0 Å². The van der Waals surface area contributed by atoms with E-state index in [1.165, 1.54) is 42.3 Å². The maximum absolute atomic E-state index is 12.6. The summed E-state index contributed by atoms with van der Waals surface area (Å²) in [7, 11) is -3.72. The van der Waals surface area contributed by atoms with Gasteiger partial charge in [-0.05, 0) is 49.4 Å². The molecular formula is C24H27N3O4S. The molecule has 32 heavy (non-hydrogen) atoms. The zero-order valence-electron chi connectivity index (χ0n) is 18.0. The highest BCUT2D eigenvalue weighted by Gasteiger charge is 2.25. The molecule has 2 heterocycles. The van der Waals surface area contributed by atoms with Crippen LogP contribution in [0.1, 0.15) is 48.2 Å². The second-order valence-corrected chi connectivity index (χ2v) is 9.96. The van der Waals surface area contributed by atoms with Gasteiger partial charge in [0.05, 0.1) is 4.90 Å². The van der Waals surface area contributed by atoms with Crippen molar-refractivity contribution in [2.45, 2.75) is 37.0 Å². The lowest BCUT2D eigenvalue weighted by Crippen LogP contribution is -2.39. The van der Waals surface area contributed by atoms with Crippen LogP contribution in [-0.2, 0) is 14.8 Å². The third kappa shape index (κ3) is 4.92. The molecule has 0 bridgehead atoms. The molecule has 0 atom stereocenters. The molecule has 8 heteroatoms. The Morgan fingerprint density at radius 3 is 2.41 bits per heavy atom. The molecule has 1 saturated heterocycles. The van der Waals surface area contributed by atoms with E-state index in [9.17, 15) is 18.0 Å². The topological polar surface area (TPSA) is 99.3 Å². The number of H-pyrrole nitrogens is 1. The van der Waals surface area contributed by atoms with Gasteiger partial charge in [0.1, 0.15) is 0 Å². The average molecular weight is 454 g/mol. The number of hydrogen-bond acceptors (Lipinski definition) is 4. The van der Waals surface area contributed by atoms with E-state index in [1.807, 2.05) is 17.0 Å². The van der Waals surface area contributed by atoms with Crippen LogP contribution in [-0.4, -0.2) is 49.6 Å². The van der Waals surface area contributed by atoms with Gasteiger partial charge in [0.2, 0.25) is 15.9 Å². The minimum Gasteiger partial charge on any atom is -0.358 e. The van der Waals surface area contributed by atoms with E-state index in [0.29, 0.717) is 24.6 Å². The van der Waals surface area contributed by atoms with Crippen molar-refractivity contribution in [2.24, 2.45) is 0 Å². The second kappa shape index (κ2) is 9.26. The van der Waals surface area contributed by atoms with Gasteiger partial charge >= 0.3 is 0 Å². The first-order valence-electron chi connectivity index (χ1n) is 10.8. The lowest BCUT2D eigenvalue weighted by atomic mass is 9.93. The number of aromatic amines is 1. The summed E-state index contributed by atoms with van der Waals surface area (Å²) in [4.78, 5) is 29.3. The van der Waals surface area contributed by atoms with E-state index < -0.39 is 10.0 Å². The highest BCUT2D eigenvalue weighted by atomic mass is 32.2. The smallest absolute Gasteiger partial charge is 0.240 e. The fraction of sp³-hybridized carbons (Fsp3) is 0.333. The Bertz CT molecular complexity index is 1190. The number of carbonyl (C=O) groups is 2. The van der Waals surface area contributed by atoms with Crippen LogP contribution in [0.4, 0.5) is 0 Å². The largest absolute Gasteiger partial charge is 0.358 e. The number of rotatable bonds is 7. The van der Waals surface area contributed by atoms with Gasteiger partial charge in [-0.3, -0.25) is 9.59 Å². The number of Topliss-reactive ketones (excluding diaryl/α,β-unsaturated/α-hetero) is 1. The molecule has 0 spiro atoms. The lowest BCUT2D eigenvalue weighted by Gasteiger charge is -2.31. The molecule has 1 fully saturated rings. The minimum absolute atomic E-state index is 0.0393. The Labute approximate surface area is 187 Å². The Kier molecular flexibility index (Phi) is 6.43. The minimum atomic E-state index is -3.72. The molecule has 0 unspecified atom stereocenters. The van der Waals surface area contributed by atoms with Gasteiger partial charge in [-0.15, -0.1) is 0 Å². The zero-order valence-corrected chi connectivity index (χ0v) is 18.8. The number of hydrogen-bond donors (Lipinski definition) is 2. The number of fused-ring (bicyclic) bond motifs is 1. The van der Waals surface area contributed by atoms with Gasteiger partial charge in [0.15, 0.2) is 5.78 Å². The third-order valence-corrected chi connectivity index (χ3v) is 7.52. The number of piperidine rings is 1. The zero-order chi connectivity index (χ0) is 22.7. The first-order chi connectivity index (χ1) is 15.3. The molecule has 4 rings (SSSR count). The molecule has 7 nitrogen and oxygen atoms in total. The number of likely N-dealkylation sites (tertiary alicyclic amines) is 1.